The third-order valence-electron chi connectivity index (χ3n) is 2.09. The van der Waals surface area contributed by atoms with Crippen molar-refractivity contribution in [3.63, 3.8) is 0 Å². The van der Waals surface area contributed by atoms with Crippen LogP contribution < -0.4 is 10.0 Å². The summed E-state index contributed by atoms with van der Waals surface area (Å²) < 4.78 is 26.1. The number of rotatable bonds is 6. The first-order valence-electron chi connectivity index (χ1n) is 5.39. The van der Waals surface area contributed by atoms with E-state index in [1.54, 1.807) is 12.1 Å². The summed E-state index contributed by atoms with van der Waals surface area (Å²) in [5.74, 6) is -0.193. The Morgan fingerprint density at radius 3 is 2.39 bits per heavy atom. The van der Waals surface area contributed by atoms with E-state index in [0.717, 1.165) is 11.8 Å². The third kappa shape index (κ3) is 4.75. The summed E-state index contributed by atoms with van der Waals surface area (Å²) in [6.07, 6.45) is 0.725. The smallest absolute Gasteiger partial charge is 0.240 e. The second-order valence-corrected chi connectivity index (χ2v) is 6.21. The van der Waals surface area contributed by atoms with Crippen LogP contribution in [0.25, 0.3) is 0 Å². The average Bonchev–Trinajstić information content (AvgIpc) is 2.29. The molecular weight excluding hydrogens is 320 g/mol. The van der Waals surface area contributed by atoms with Gasteiger partial charge in [-0.05, 0) is 30.7 Å². The van der Waals surface area contributed by atoms with Crippen molar-refractivity contribution in [1.82, 2.24) is 4.72 Å². The van der Waals surface area contributed by atoms with Crippen molar-refractivity contribution >= 4 is 37.5 Å². The van der Waals surface area contributed by atoms with Gasteiger partial charge in [0, 0.05) is 24.5 Å². The minimum Gasteiger partial charge on any atom is -0.326 e. The maximum absolute atomic E-state index is 11.8. The predicted octanol–water partition coefficient (Wildman–Crippen LogP) is 1.71. The standard InChI is InChI=1S/C11H15BrN2O3S/c1-9(15)14-10-3-5-11(6-4-10)18(16,17)13-8-2-7-12/h3-6,13H,2,7-8H2,1H3,(H,14,15). The number of sulfonamides is 1. The first-order valence-corrected chi connectivity index (χ1v) is 7.99. The Hall–Kier alpha value is -0.920. The normalized spacial score (nSPS) is 11.2. The van der Waals surface area contributed by atoms with E-state index in [1.807, 2.05) is 0 Å². The van der Waals surface area contributed by atoms with Gasteiger partial charge in [0.2, 0.25) is 15.9 Å². The van der Waals surface area contributed by atoms with Crippen molar-refractivity contribution in [3.8, 4) is 0 Å². The molecule has 100 valence electrons. The fraction of sp³-hybridized carbons (Fsp3) is 0.364. The summed E-state index contributed by atoms with van der Waals surface area (Å²) in [7, 11) is -3.46. The number of amides is 1. The molecular formula is C11H15BrN2O3S. The van der Waals surface area contributed by atoms with Crippen LogP contribution in [0.2, 0.25) is 0 Å². The zero-order valence-corrected chi connectivity index (χ0v) is 12.3. The first-order chi connectivity index (χ1) is 8.45. The number of hydrogen-bond acceptors (Lipinski definition) is 3. The molecule has 18 heavy (non-hydrogen) atoms. The summed E-state index contributed by atoms with van der Waals surface area (Å²) in [5.41, 5.74) is 0.571. The van der Waals surface area contributed by atoms with Gasteiger partial charge in [0.1, 0.15) is 0 Å². The average molecular weight is 335 g/mol. The van der Waals surface area contributed by atoms with E-state index in [0.29, 0.717) is 12.2 Å². The molecule has 0 saturated heterocycles. The highest BCUT2D eigenvalue weighted by Crippen LogP contribution is 2.13. The quantitative estimate of drug-likeness (QED) is 0.614. The van der Waals surface area contributed by atoms with E-state index >= 15 is 0 Å². The van der Waals surface area contributed by atoms with Gasteiger partial charge in [0.25, 0.3) is 0 Å². The number of benzene rings is 1. The Labute approximate surface area is 115 Å². The van der Waals surface area contributed by atoms with E-state index in [9.17, 15) is 13.2 Å². The third-order valence-corrected chi connectivity index (χ3v) is 4.13. The number of anilines is 1. The molecule has 0 bridgehead atoms. The number of carbonyl (C=O) groups excluding carboxylic acids is 1. The highest BCUT2D eigenvalue weighted by atomic mass is 79.9. The van der Waals surface area contributed by atoms with Crippen LogP contribution in [0.4, 0.5) is 5.69 Å². The molecule has 0 radical (unpaired) electrons. The molecule has 1 amide bonds. The van der Waals surface area contributed by atoms with Gasteiger partial charge in [-0.1, -0.05) is 15.9 Å². The molecule has 0 heterocycles. The highest BCUT2D eigenvalue weighted by molar-refractivity contribution is 9.09. The molecule has 0 fully saturated rings. The molecule has 0 aliphatic rings. The van der Waals surface area contributed by atoms with Crippen LogP contribution in [0.1, 0.15) is 13.3 Å². The topological polar surface area (TPSA) is 75.3 Å². The molecule has 0 saturated carbocycles. The summed E-state index contributed by atoms with van der Waals surface area (Å²) in [6.45, 7) is 1.79. The summed E-state index contributed by atoms with van der Waals surface area (Å²) in [5, 5.41) is 3.32. The summed E-state index contributed by atoms with van der Waals surface area (Å²) in [4.78, 5) is 11.0. The van der Waals surface area contributed by atoms with Gasteiger partial charge >= 0.3 is 0 Å². The lowest BCUT2D eigenvalue weighted by atomic mass is 10.3. The fourth-order valence-corrected chi connectivity index (χ4v) is 2.63. The molecule has 0 atom stereocenters. The van der Waals surface area contributed by atoms with E-state index in [4.69, 9.17) is 0 Å². The Balaban J connectivity index is 2.74. The SMILES string of the molecule is CC(=O)Nc1ccc(S(=O)(=O)NCCCBr)cc1. The second kappa shape index (κ2) is 6.86. The lowest BCUT2D eigenvalue weighted by Gasteiger charge is -2.07. The molecule has 1 rings (SSSR count). The summed E-state index contributed by atoms with van der Waals surface area (Å²) >= 11 is 3.23. The van der Waals surface area contributed by atoms with Crippen LogP contribution >= 0.6 is 15.9 Å². The van der Waals surface area contributed by atoms with Crippen molar-refractivity contribution < 1.29 is 13.2 Å². The Morgan fingerprint density at radius 2 is 1.89 bits per heavy atom. The van der Waals surface area contributed by atoms with E-state index in [2.05, 4.69) is 26.0 Å². The minimum atomic E-state index is -3.46. The molecule has 0 aliphatic heterocycles. The lowest BCUT2D eigenvalue weighted by Crippen LogP contribution is -2.25. The number of halogens is 1. The number of nitrogens with one attached hydrogen (secondary N) is 2. The second-order valence-electron chi connectivity index (χ2n) is 3.65. The molecule has 5 nitrogen and oxygen atoms in total. The molecule has 0 aromatic heterocycles. The van der Waals surface area contributed by atoms with Gasteiger partial charge in [0.15, 0.2) is 0 Å². The first kappa shape index (κ1) is 15.1. The van der Waals surface area contributed by atoms with Gasteiger partial charge in [0.05, 0.1) is 4.90 Å². The van der Waals surface area contributed by atoms with Gasteiger partial charge < -0.3 is 5.32 Å². The van der Waals surface area contributed by atoms with Gasteiger partial charge in [-0.3, -0.25) is 4.79 Å². The zero-order chi connectivity index (χ0) is 13.6. The van der Waals surface area contributed by atoms with Crippen LogP contribution in [-0.2, 0) is 14.8 Å². The number of hydrogen-bond donors (Lipinski definition) is 2. The van der Waals surface area contributed by atoms with Crippen molar-refractivity contribution in [3.05, 3.63) is 24.3 Å². The van der Waals surface area contributed by atoms with Crippen LogP contribution in [-0.4, -0.2) is 26.2 Å². The van der Waals surface area contributed by atoms with Crippen LogP contribution in [0.15, 0.2) is 29.2 Å². The number of alkyl halides is 1. The Morgan fingerprint density at radius 1 is 1.28 bits per heavy atom. The summed E-state index contributed by atoms with van der Waals surface area (Å²) in [6, 6.07) is 6.03. The molecule has 1 aromatic rings. The molecule has 0 unspecified atom stereocenters. The maximum Gasteiger partial charge on any atom is 0.240 e. The molecule has 1 aromatic carbocycles. The predicted molar refractivity (Wildman–Crippen MR) is 74.3 cm³/mol. The Kier molecular flexibility index (Phi) is 5.77. The van der Waals surface area contributed by atoms with Crippen LogP contribution in [0, 0.1) is 0 Å². The fourth-order valence-electron chi connectivity index (χ4n) is 1.28. The lowest BCUT2D eigenvalue weighted by molar-refractivity contribution is -0.114. The van der Waals surface area contributed by atoms with E-state index < -0.39 is 10.0 Å². The number of carbonyl (C=O) groups is 1. The minimum absolute atomic E-state index is 0.186. The maximum atomic E-state index is 11.8. The Bertz CT molecular complexity index is 500. The molecule has 7 heteroatoms. The van der Waals surface area contributed by atoms with Gasteiger partial charge in [-0.2, -0.15) is 0 Å². The van der Waals surface area contributed by atoms with Gasteiger partial charge in [-0.15, -0.1) is 0 Å². The monoisotopic (exact) mass is 334 g/mol. The molecule has 0 aliphatic carbocycles. The highest BCUT2D eigenvalue weighted by Gasteiger charge is 2.12. The van der Waals surface area contributed by atoms with Crippen molar-refractivity contribution in [2.45, 2.75) is 18.2 Å². The van der Waals surface area contributed by atoms with Crippen LogP contribution in [0.5, 0.6) is 0 Å². The van der Waals surface area contributed by atoms with E-state index in [1.165, 1.54) is 19.1 Å². The molecule has 0 spiro atoms. The van der Waals surface area contributed by atoms with E-state index in [-0.39, 0.29) is 10.8 Å². The molecule has 2 N–H and O–H groups in total. The van der Waals surface area contributed by atoms with Crippen LogP contribution in [0.3, 0.4) is 0 Å². The largest absolute Gasteiger partial charge is 0.326 e. The zero-order valence-electron chi connectivity index (χ0n) is 9.94. The van der Waals surface area contributed by atoms with Crippen molar-refractivity contribution in [2.75, 3.05) is 17.2 Å². The van der Waals surface area contributed by atoms with Crippen molar-refractivity contribution in [1.29, 1.82) is 0 Å². The van der Waals surface area contributed by atoms with Gasteiger partial charge in [-0.25, -0.2) is 13.1 Å². The van der Waals surface area contributed by atoms with Crippen molar-refractivity contribution in [2.24, 2.45) is 0 Å².